The van der Waals surface area contributed by atoms with Crippen LogP contribution in [0.3, 0.4) is 0 Å². The summed E-state index contributed by atoms with van der Waals surface area (Å²) in [5.41, 5.74) is -0.0482. The van der Waals surface area contributed by atoms with E-state index in [4.69, 9.17) is 4.74 Å². The van der Waals surface area contributed by atoms with Crippen molar-refractivity contribution in [3.63, 3.8) is 0 Å². The Morgan fingerprint density at radius 2 is 2.25 bits per heavy atom. The second-order valence-corrected chi connectivity index (χ2v) is 5.51. The Balaban J connectivity index is 1.88. The summed E-state index contributed by atoms with van der Waals surface area (Å²) < 4.78 is 4.98. The monoisotopic (exact) mass is 280 g/mol. The van der Waals surface area contributed by atoms with Crippen LogP contribution in [-0.2, 0) is 11.3 Å². The molecule has 0 atom stereocenters. The Morgan fingerprint density at radius 1 is 1.55 bits per heavy atom. The van der Waals surface area contributed by atoms with E-state index in [0.717, 1.165) is 0 Å². The Morgan fingerprint density at radius 3 is 2.85 bits per heavy atom. The highest BCUT2D eigenvalue weighted by atomic mass is 16.5. The van der Waals surface area contributed by atoms with Crippen molar-refractivity contribution in [3.05, 3.63) is 18.1 Å². The number of likely N-dealkylation sites (tertiary alicyclic amines) is 1. The topological polar surface area (TPSA) is 87.6 Å². The molecule has 0 radical (unpaired) electrons. The summed E-state index contributed by atoms with van der Waals surface area (Å²) in [5, 5.41) is 12.5. The van der Waals surface area contributed by atoms with Crippen LogP contribution in [0.2, 0.25) is 0 Å². The number of nitrogens with one attached hydrogen (secondary N) is 1. The van der Waals surface area contributed by atoms with Crippen molar-refractivity contribution in [1.82, 2.24) is 14.9 Å². The number of carbonyl (C=O) groups is 1. The van der Waals surface area contributed by atoms with Crippen LogP contribution in [0.5, 0.6) is 0 Å². The van der Waals surface area contributed by atoms with E-state index in [0.29, 0.717) is 31.2 Å². The van der Waals surface area contributed by atoms with Crippen molar-refractivity contribution >= 4 is 11.8 Å². The van der Waals surface area contributed by atoms with Crippen LogP contribution in [0.15, 0.2) is 12.4 Å². The molecule has 20 heavy (non-hydrogen) atoms. The summed E-state index contributed by atoms with van der Waals surface area (Å²) >= 11 is 0. The van der Waals surface area contributed by atoms with Gasteiger partial charge in [0.25, 0.3) is 0 Å². The molecule has 7 nitrogen and oxygen atoms in total. The first-order valence-electron chi connectivity index (χ1n) is 6.48. The van der Waals surface area contributed by atoms with E-state index in [2.05, 4.69) is 15.3 Å². The molecule has 0 aromatic carbocycles. The van der Waals surface area contributed by atoms with Gasteiger partial charge in [-0.15, -0.1) is 0 Å². The lowest BCUT2D eigenvalue weighted by Gasteiger charge is -2.44. The molecule has 0 unspecified atom stereocenters. The Hall–Kier alpha value is -1.73. The number of hydrogen-bond acceptors (Lipinski definition) is 5. The second kappa shape index (κ2) is 5.72. The summed E-state index contributed by atoms with van der Waals surface area (Å²) in [6, 6.07) is 1.46. The van der Waals surface area contributed by atoms with E-state index in [1.54, 1.807) is 31.9 Å². The summed E-state index contributed by atoms with van der Waals surface area (Å²) in [7, 11) is 1.58. The van der Waals surface area contributed by atoms with Gasteiger partial charge in [-0.3, -0.25) is 5.32 Å². The lowest BCUT2D eigenvalue weighted by atomic mass is 9.85. The number of aromatic nitrogens is 2. The van der Waals surface area contributed by atoms with E-state index >= 15 is 0 Å². The number of ether oxygens (including phenoxy) is 1. The molecular formula is C13H20N4O3. The average Bonchev–Trinajstić information content (AvgIpc) is 2.25. The molecule has 1 aliphatic rings. The Kier molecular flexibility index (Phi) is 4.20. The molecule has 0 bridgehead atoms. The summed E-state index contributed by atoms with van der Waals surface area (Å²) in [6.07, 6.45) is 1.39. The van der Waals surface area contributed by atoms with Crippen molar-refractivity contribution in [3.8, 4) is 0 Å². The fraction of sp³-hybridized carbons (Fsp3) is 0.615. The van der Waals surface area contributed by atoms with Crippen LogP contribution in [-0.4, -0.2) is 51.8 Å². The van der Waals surface area contributed by atoms with E-state index in [-0.39, 0.29) is 11.9 Å². The van der Waals surface area contributed by atoms with Crippen LogP contribution in [0.1, 0.15) is 19.5 Å². The zero-order valence-electron chi connectivity index (χ0n) is 12.0. The van der Waals surface area contributed by atoms with Crippen LogP contribution in [0.25, 0.3) is 0 Å². The van der Waals surface area contributed by atoms with Gasteiger partial charge < -0.3 is 14.7 Å². The Labute approximate surface area is 118 Å². The molecule has 2 rings (SSSR count). The standard InChI is InChI=1S/C13H20N4O3/c1-13(2,19)9-5-17(6-9)12(18)16-11-4-10(7-20-3)14-8-15-11/h4,8-9,19H,5-7H2,1-3H3,(H,14,15,16,18). The number of anilines is 1. The van der Waals surface area contributed by atoms with E-state index in [1.807, 2.05) is 0 Å². The first-order chi connectivity index (χ1) is 9.40. The number of nitrogens with zero attached hydrogens (tertiary/aromatic N) is 3. The highest BCUT2D eigenvalue weighted by molar-refractivity contribution is 5.88. The van der Waals surface area contributed by atoms with E-state index in [9.17, 15) is 9.90 Å². The molecule has 2 N–H and O–H groups in total. The molecule has 1 aliphatic heterocycles. The van der Waals surface area contributed by atoms with Crippen molar-refractivity contribution in [2.75, 3.05) is 25.5 Å². The zero-order chi connectivity index (χ0) is 14.8. The number of carbonyl (C=O) groups excluding carboxylic acids is 1. The normalized spacial score (nSPS) is 15.9. The SMILES string of the molecule is COCc1cc(NC(=O)N2CC(C(C)(C)O)C2)ncn1. The van der Waals surface area contributed by atoms with Gasteiger partial charge in [0.15, 0.2) is 0 Å². The summed E-state index contributed by atoms with van der Waals surface area (Å²) in [6.45, 7) is 4.98. The van der Waals surface area contributed by atoms with Gasteiger partial charge in [-0.05, 0) is 13.8 Å². The predicted octanol–water partition coefficient (Wildman–Crippen LogP) is 0.858. The van der Waals surface area contributed by atoms with Crippen molar-refractivity contribution in [2.24, 2.45) is 5.92 Å². The molecule has 1 aromatic rings. The minimum Gasteiger partial charge on any atom is -0.390 e. The van der Waals surface area contributed by atoms with Crippen molar-refractivity contribution in [2.45, 2.75) is 26.1 Å². The van der Waals surface area contributed by atoms with Gasteiger partial charge in [-0.25, -0.2) is 14.8 Å². The largest absolute Gasteiger partial charge is 0.390 e. The maximum Gasteiger partial charge on any atom is 0.323 e. The molecule has 0 spiro atoms. The zero-order valence-corrected chi connectivity index (χ0v) is 12.0. The van der Waals surface area contributed by atoms with Crippen molar-refractivity contribution < 1.29 is 14.6 Å². The third-order valence-electron chi connectivity index (χ3n) is 3.42. The first kappa shape index (κ1) is 14.7. The predicted molar refractivity (Wildman–Crippen MR) is 73.1 cm³/mol. The van der Waals surface area contributed by atoms with Gasteiger partial charge in [-0.2, -0.15) is 0 Å². The molecule has 2 heterocycles. The minimum atomic E-state index is -0.753. The molecule has 7 heteroatoms. The van der Waals surface area contributed by atoms with Gasteiger partial charge >= 0.3 is 6.03 Å². The van der Waals surface area contributed by atoms with Gasteiger partial charge in [-0.1, -0.05) is 0 Å². The number of amides is 2. The van der Waals surface area contributed by atoms with Crippen LogP contribution < -0.4 is 5.32 Å². The van der Waals surface area contributed by atoms with Gasteiger partial charge in [0.2, 0.25) is 0 Å². The smallest absolute Gasteiger partial charge is 0.323 e. The maximum atomic E-state index is 12.0. The number of aliphatic hydroxyl groups is 1. The summed E-state index contributed by atoms with van der Waals surface area (Å²) in [5.74, 6) is 0.562. The molecule has 0 aliphatic carbocycles. The third kappa shape index (κ3) is 3.43. The lowest BCUT2D eigenvalue weighted by molar-refractivity contribution is -0.0440. The summed E-state index contributed by atoms with van der Waals surface area (Å²) in [4.78, 5) is 21.6. The third-order valence-corrected chi connectivity index (χ3v) is 3.42. The molecule has 110 valence electrons. The van der Waals surface area contributed by atoms with Gasteiger partial charge in [0.1, 0.15) is 12.1 Å². The Bertz CT molecular complexity index is 481. The first-order valence-corrected chi connectivity index (χ1v) is 6.48. The van der Waals surface area contributed by atoms with Crippen LogP contribution >= 0.6 is 0 Å². The average molecular weight is 280 g/mol. The van der Waals surface area contributed by atoms with Gasteiger partial charge in [0.05, 0.1) is 17.9 Å². The maximum absolute atomic E-state index is 12.0. The molecule has 1 saturated heterocycles. The molecule has 0 saturated carbocycles. The fourth-order valence-corrected chi connectivity index (χ4v) is 1.97. The van der Waals surface area contributed by atoms with Crippen LogP contribution in [0, 0.1) is 5.92 Å². The number of hydrogen-bond donors (Lipinski definition) is 2. The number of methoxy groups -OCH3 is 1. The minimum absolute atomic E-state index is 0.114. The quantitative estimate of drug-likeness (QED) is 0.854. The van der Waals surface area contributed by atoms with E-state index < -0.39 is 5.60 Å². The highest BCUT2D eigenvalue weighted by Crippen LogP contribution is 2.27. The molecule has 2 amide bonds. The molecular weight excluding hydrogens is 260 g/mol. The number of rotatable bonds is 4. The lowest BCUT2D eigenvalue weighted by Crippen LogP contribution is -2.58. The van der Waals surface area contributed by atoms with Crippen molar-refractivity contribution in [1.29, 1.82) is 0 Å². The number of urea groups is 1. The molecule has 1 aromatic heterocycles. The second-order valence-electron chi connectivity index (χ2n) is 5.51. The van der Waals surface area contributed by atoms with E-state index in [1.165, 1.54) is 6.33 Å². The molecule has 1 fully saturated rings. The van der Waals surface area contributed by atoms with Gasteiger partial charge in [0, 0.05) is 32.2 Å². The highest BCUT2D eigenvalue weighted by Gasteiger charge is 2.39. The fourth-order valence-electron chi connectivity index (χ4n) is 1.97. The van der Waals surface area contributed by atoms with Crippen LogP contribution in [0.4, 0.5) is 10.6 Å².